The average molecular weight is 406 g/mol. The summed E-state index contributed by atoms with van der Waals surface area (Å²) in [7, 11) is 1.51. The highest BCUT2D eigenvalue weighted by molar-refractivity contribution is 5.40. The second-order valence-electron chi connectivity index (χ2n) is 7.75. The van der Waals surface area contributed by atoms with Gasteiger partial charge in [0, 0.05) is 24.2 Å². The molecule has 2 aliphatic rings. The second kappa shape index (κ2) is 7.88. The molecule has 3 atom stereocenters. The van der Waals surface area contributed by atoms with Crippen LogP contribution < -0.4 is 20.1 Å². The lowest BCUT2D eigenvalue weighted by atomic mass is 9.79. The van der Waals surface area contributed by atoms with Gasteiger partial charge in [0.1, 0.15) is 11.5 Å². The van der Waals surface area contributed by atoms with Gasteiger partial charge in [-0.15, -0.1) is 13.2 Å². The van der Waals surface area contributed by atoms with E-state index in [2.05, 4.69) is 27.5 Å². The van der Waals surface area contributed by atoms with Crippen molar-refractivity contribution in [3.63, 3.8) is 0 Å². The van der Waals surface area contributed by atoms with Crippen LogP contribution in [0.1, 0.15) is 36.8 Å². The summed E-state index contributed by atoms with van der Waals surface area (Å²) in [5.74, 6) is 0.296. The van der Waals surface area contributed by atoms with E-state index in [-0.39, 0.29) is 17.3 Å². The zero-order chi connectivity index (χ0) is 20.5. The van der Waals surface area contributed by atoms with Crippen LogP contribution in [0.3, 0.4) is 0 Å². The van der Waals surface area contributed by atoms with Crippen LogP contribution in [0.2, 0.25) is 0 Å². The fourth-order valence-electron chi connectivity index (χ4n) is 4.78. The van der Waals surface area contributed by atoms with Crippen molar-refractivity contribution < 1.29 is 22.6 Å². The van der Waals surface area contributed by atoms with Crippen molar-refractivity contribution in [3.05, 3.63) is 59.7 Å². The van der Waals surface area contributed by atoms with Crippen molar-refractivity contribution in [1.82, 2.24) is 10.6 Å². The zero-order valence-electron chi connectivity index (χ0n) is 16.3. The molecule has 0 radical (unpaired) electrons. The van der Waals surface area contributed by atoms with E-state index in [0.29, 0.717) is 23.9 Å². The number of ether oxygens (including phenoxy) is 2. The molecular weight excluding hydrogens is 381 g/mol. The summed E-state index contributed by atoms with van der Waals surface area (Å²) in [4.78, 5) is 0. The molecule has 4 nitrogen and oxygen atoms in total. The molecule has 0 aliphatic carbocycles. The SMILES string of the molecule is COc1ccc(OC(F)(F)F)cc1CN[C@@H]1CC[C@H]2CC[C@]1(c1ccccc1)N2. The Morgan fingerprint density at radius 3 is 2.62 bits per heavy atom. The quantitative estimate of drug-likeness (QED) is 0.742. The maximum atomic E-state index is 12.6. The molecule has 0 saturated carbocycles. The largest absolute Gasteiger partial charge is 0.573 e. The van der Waals surface area contributed by atoms with Crippen molar-refractivity contribution in [2.45, 2.75) is 56.2 Å². The number of nitrogens with one attached hydrogen (secondary N) is 2. The Balaban J connectivity index is 1.55. The van der Waals surface area contributed by atoms with Crippen LogP contribution in [0.4, 0.5) is 13.2 Å². The molecule has 2 heterocycles. The Hall–Kier alpha value is -2.25. The molecule has 0 amide bonds. The number of benzene rings is 2. The van der Waals surface area contributed by atoms with E-state index in [1.807, 2.05) is 18.2 Å². The van der Waals surface area contributed by atoms with Crippen molar-refractivity contribution in [2.75, 3.05) is 7.11 Å². The fraction of sp³-hybridized carbons (Fsp3) is 0.455. The number of halogens is 3. The normalized spacial score (nSPS) is 26.3. The molecule has 0 aromatic heterocycles. The minimum atomic E-state index is -4.72. The summed E-state index contributed by atoms with van der Waals surface area (Å²) in [6.45, 7) is 0.393. The van der Waals surface area contributed by atoms with Gasteiger partial charge in [-0.3, -0.25) is 0 Å². The van der Waals surface area contributed by atoms with Crippen LogP contribution in [-0.4, -0.2) is 25.6 Å². The number of piperidine rings is 1. The Morgan fingerprint density at radius 1 is 1.10 bits per heavy atom. The molecule has 0 unspecified atom stereocenters. The first-order valence-electron chi connectivity index (χ1n) is 9.89. The molecule has 0 spiro atoms. The number of methoxy groups -OCH3 is 1. The highest BCUT2D eigenvalue weighted by Gasteiger charge is 2.48. The zero-order valence-corrected chi connectivity index (χ0v) is 16.3. The van der Waals surface area contributed by atoms with Crippen LogP contribution in [0.15, 0.2) is 48.5 Å². The third-order valence-corrected chi connectivity index (χ3v) is 6.06. The smallest absolute Gasteiger partial charge is 0.496 e. The monoisotopic (exact) mass is 406 g/mol. The highest BCUT2D eigenvalue weighted by Crippen LogP contribution is 2.43. The van der Waals surface area contributed by atoms with E-state index in [1.165, 1.54) is 30.9 Å². The standard InChI is InChI=1S/C22H25F3N2O2/c1-28-19-9-8-18(29-22(23,24)25)13-15(19)14-26-20-10-7-17-11-12-21(20,27-17)16-5-3-2-4-6-16/h2-6,8-9,13,17,20,26-27H,7,10-12,14H2,1H3/t17-,20+,21+/m0/s1. The first-order valence-corrected chi connectivity index (χ1v) is 9.89. The molecule has 2 fully saturated rings. The van der Waals surface area contributed by atoms with Crippen LogP contribution in [0.5, 0.6) is 11.5 Å². The van der Waals surface area contributed by atoms with Gasteiger partial charge in [0.15, 0.2) is 0 Å². The Bertz CT molecular complexity index is 844. The van der Waals surface area contributed by atoms with Crippen LogP contribution in [0.25, 0.3) is 0 Å². The minimum Gasteiger partial charge on any atom is -0.496 e. The summed E-state index contributed by atoms with van der Waals surface area (Å²) >= 11 is 0. The maximum absolute atomic E-state index is 12.6. The number of hydrogen-bond donors (Lipinski definition) is 2. The van der Waals surface area contributed by atoms with E-state index >= 15 is 0 Å². The van der Waals surface area contributed by atoms with Gasteiger partial charge in [-0.25, -0.2) is 0 Å². The molecule has 2 aliphatic heterocycles. The number of hydrogen-bond acceptors (Lipinski definition) is 4. The van der Waals surface area contributed by atoms with Crippen molar-refractivity contribution in [2.24, 2.45) is 0 Å². The summed E-state index contributed by atoms with van der Waals surface area (Å²) < 4.78 is 47.2. The van der Waals surface area contributed by atoms with Crippen molar-refractivity contribution in [1.29, 1.82) is 0 Å². The van der Waals surface area contributed by atoms with Gasteiger partial charge in [-0.2, -0.15) is 0 Å². The molecule has 2 saturated heterocycles. The molecule has 156 valence electrons. The van der Waals surface area contributed by atoms with Crippen LogP contribution in [0, 0.1) is 0 Å². The molecular formula is C22H25F3N2O2. The minimum absolute atomic E-state index is 0.155. The predicted octanol–water partition coefficient (Wildman–Crippen LogP) is 4.49. The Morgan fingerprint density at radius 2 is 1.90 bits per heavy atom. The molecule has 7 heteroatoms. The maximum Gasteiger partial charge on any atom is 0.573 e. The van der Waals surface area contributed by atoms with Crippen molar-refractivity contribution >= 4 is 0 Å². The summed E-state index contributed by atoms with van der Waals surface area (Å²) in [5.41, 5.74) is 1.73. The van der Waals surface area contributed by atoms with Gasteiger partial charge in [0.05, 0.1) is 12.6 Å². The Labute approximate surface area is 168 Å². The molecule has 2 aromatic carbocycles. The summed E-state index contributed by atoms with van der Waals surface area (Å²) in [6, 6.07) is 15.3. The lowest BCUT2D eigenvalue weighted by Gasteiger charge is -2.43. The van der Waals surface area contributed by atoms with Gasteiger partial charge >= 0.3 is 6.36 Å². The third-order valence-electron chi connectivity index (χ3n) is 6.06. The first-order chi connectivity index (χ1) is 13.9. The van der Waals surface area contributed by atoms with E-state index < -0.39 is 6.36 Å². The third kappa shape index (κ3) is 4.21. The lowest BCUT2D eigenvalue weighted by molar-refractivity contribution is -0.274. The average Bonchev–Trinajstić information content (AvgIpc) is 3.05. The van der Waals surface area contributed by atoms with Gasteiger partial charge in [-0.05, 0) is 49.4 Å². The number of alkyl halides is 3. The molecule has 2 bridgehead atoms. The van der Waals surface area contributed by atoms with Crippen LogP contribution in [-0.2, 0) is 12.1 Å². The predicted molar refractivity (Wildman–Crippen MR) is 104 cm³/mol. The van der Waals surface area contributed by atoms with Gasteiger partial charge in [0.25, 0.3) is 0 Å². The topological polar surface area (TPSA) is 42.5 Å². The Kier molecular flexibility index (Phi) is 5.44. The fourth-order valence-corrected chi connectivity index (χ4v) is 4.78. The highest BCUT2D eigenvalue weighted by atomic mass is 19.4. The molecule has 29 heavy (non-hydrogen) atoms. The summed E-state index contributed by atoms with van der Waals surface area (Å²) in [5, 5.41) is 7.40. The molecule has 4 rings (SSSR count). The van der Waals surface area contributed by atoms with Crippen LogP contribution >= 0.6 is 0 Å². The van der Waals surface area contributed by atoms with E-state index in [0.717, 1.165) is 25.7 Å². The van der Waals surface area contributed by atoms with Crippen molar-refractivity contribution in [3.8, 4) is 11.5 Å². The van der Waals surface area contributed by atoms with E-state index in [4.69, 9.17) is 4.74 Å². The van der Waals surface area contributed by atoms with Gasteiger partial charge in [-0.1, -0.05) is 30.3 Å². The summed E-state index contributed by atoms with van der Waals surface area (Å²) in [6.07, 6.45) is -0.462. The number of rotatable bonds is 6. The molecule has 2 N–H and O–H groups in total. The van der Waals surface area contributed by atoms with E-state index in [9.17, 15) is 13.2 Å². The lowest BCUT2D eigenvalue weighted by Crippen LogP contribution is -2.58. The number of fused-ring (bicyclic) bond motifs is 2. The van der Waals surface area contributed by atoms with Gasteiger partial charge < -0.3 is 20.1 Å². The molecule has 2 aromatic rings. The van der Waals surface area contributed by atoms with Gasteiger partial charge in [0.2, 0.25) is 0 Å². The van der Waals surface area contributed by atoms with E-state index in [1.54, 1.807) is 0 Å². The second-order valence-corrected chi connectivity index (χ2v) is 7.75. The first kappa shape index (κ1) is 20.0.